The highest BCUT2D eigenvalue weighted by Crippen LogP contribution is 2.33. The van der Waals surface area contributed by atoms with Crippen LogP contribution in [0.1, 0.15) is 0 Å². The molecule has 0 aliphatic rings. The molecule has 0 unspecified atom stereocenters. The summed E-state index contributed by atoms with van der Waals surface area (Å²) in [6.45, 7) is 0. The van der Waals surface area contributed by atoms with Crippen molar-refractivity contribution in [3.05, 3.63) is 30.3 Å². The van der Waals surface area contributed by atoms with Crippen molar-refractivity contribution in [2.45, 2.75) is 0 Å². The number of fused-ring (bicyclic) bond motifs is 1. The molecule has 0 aliphatic heterocycles. The Labute approximate surface area is 75.6 Å². The van der Waals surface area contributed by atoms with E-state index in [9.17, 15) is 5.11 Å². The summed E-state index contributed by atoms with van der Waals surface area (Å²) in [5, 5.41) is 11.1. The molecule has 0 bridgehead atoms. The lowest BCUT2D eigenvalue weighted by Crippen LogP contribution is -1.95. The first kappa shape index (κ1) is 7.73. The van der Waals surface area contributed by atoms with Crippen LogP contribution in [0.15, 0.2) is 30.3 Å². The summed E-state index contributed by atoms with van der Waals surface area (Å²) in [6, 6.07) is 8.81. The number of nitrogens with two attached hydrogens (primary N) is 2. The third kappa shape index (κ3) is 1.05. The Morgan fingerprint density at radius 3 is 2.31 bits per heavy atom. The van der Waals surface area contributed by atoms with E-state index in [1.807, 2.05) is 18.2 Å². The number of phenolic OH excluding ortho intramolecular Hbond substituents is 1. The van der Waals surface area contributed by atoms with Gasteiger partial charge in [0.05, 0.1) is 11.4 Å². The van der Waals surface area contributed by atoms with Crippen molar-refractivity contribution in [1.29, 1.82) is 0 Å². The van der Waals surface area contributed by atoms with Crippen LogP contribution in [0.5, 0.6) is 5.75 Å². The van der Waals surface area contributed by atoms with Crippen LogP contribution in [-0.4, -0.2) is 5.11 Å². The van der Waals surface area contributed by atoms with Gasteiger partial charge in [-0.25, -0.2) is 0 Å². The Bertz CT molecular complexity index is 466. The molecule has 3 heteroatoms. The fraction of sp³-hybridized carbons (Fsp3) is 0. The van der Waals surface area contributed by atoms with Gasteiger partial charge in [0, 0.05) is 16.8 Å². The molecule has 2 aromatic rings. The Kier molecular flexibility index (Phi) is 1.52. The van der Waals surface area contributed by atoms with E-state index in [1.54, 1.807) is 6.07 Å². The summed E-state index contributed by atoms with van der Waals surface area (Å²) in [6.07, 6.45) is 0. The number of anilines is 2. The van der Waals surface area contributed by atoms with E-state index >= 15 is 0 Å². The quantitative estimate of drug-likeness (QED) is 0.420. The van der Waals surface area contributed by atoms with Crippen molar-refractivity contribution in [3.63, 3.8) is 0 Å². The number of hydrogen-bond acceptors (Lipinski definition) is 3. The average Bonchev–Trinajstić information content (AvgIpc) is 2.15. The number of hydrogen-bond donors (Lipinski definition) is 3. The normalized spacial score (nSPS) is 10.5. The van der Waals surface area contributed by atoms with Gasteiger partial charge in [-0.15, -0.1) is 0 Å². The lowest BCUT2D eigenvalue weighted by molar-refractivity contribution is 0.482. The van der Waals surface area contributed by atoms with Crippen molar-refractivity contribution in [3.8, 4) is 5.75 Å². The molecule has 13 heavy (non-hydrogen) atoms. The summed E-state index contributed by atoms with van der Waals surface area (Å²) in [5.74, 6) is 0.169. The summed E-state index contributed by atoms with van der Waals surface area (Å²) in [4.78, 5) is 0. The maximum Gasteiger partial charge on any atom is 0.125 e. The van der Waals surface area contributed by atoms with E-state index in [0.29, 0.717) is 11.4 Å². The number of nitrogen functional groups attached to an aromatic ring is 2. The fourth-order valence-electron chi connectivity index (χ4n) is 1.40. The first-order chi connectivity index (χ1) is 6.20. The fourth-order valence-corrected chi connectivity index (χ4v) is 1.40. The van der Waals surface area contributed by atoms with Gasteiger partial charge in [0.2, 0.25) is 0 Å². The molecule has 0 saturated carbocycles. The zero-order valence-electron chi connectivity index (χ0n) is 6.99. The van der Waals surface area contributed by atoms with E-state index in [1.165, 1.54) is 6.07 Å². The highest BCUT2D eigenvalue weighted by atomic mass is 16.3. The lowest BCUT2D eigenvalue weighted by atomic mass is 10.1. The summed E-state index contributed by atoms with van der Waals surface area (Å²) in [5.41, 5.74) is 12.3. The van der Waals surface area contributed by atoms with Gasteiger partial charge < -0.3 is 16.6 Å². The minimum absolute atomic E-state index is 0.169. The van der Waals surface area contributed by atoms with Crippen LogP contribution in [0, 0.1) is 0 Å². The van der Waals surface area contributed by atoms with Crippen molar-refractivity contribution in [2.75, 3.05) is 11.5 Å². The molecule has 0 aliphatic carbocycles. The minimum atomic E-state index is 0.169. The average molecular weight is 174 g/mol. The first-order valence-corrected chi connectivity index (χ1v) is 3.96. The van der Waals surface area contributed by atoms with Crippen LogP contribution < -0.4 is 11.5 Å². The molecule has 2 rings (SSSR count). The monoisotopic (exact) mass is 174 g/mol. The topological polar surface area (TPSA) is 72.3 Å². The van der Waals surface area contributed by atoms with E-state index in [0.717, 1.165) is 10.8 Å². The van der Waals surface area contributed by atoms with Crippen LogP contribution >= 0.6 is 0 Å². The van der Waals surface area contributed by atoms with E-state index in [4.69, 9.17) is 11.5 Å². The molecule has 0 amide bonds. The molecule has 2 aromatic carbocycles. The number of phenols is 1. The number of benzene rings is 2. The zero-order chi connectivity index (χ0) is 9.42. The van der Waals surface area contributed by atoms with Gasteiger partial charge in [0.25, 0.3) is 0 Å². The van der Waals surface area contributed by atoms with Crippen molar-refractivity contribution in [2.24, 2.45) is 0 Å². The second-order valence-electron chi connectivity index (χ2n) is 2.94. The third-order valence-electron chi connectivity index (χ3n) is 2.10. The van der Waals surface area contributed by atoms with Crippen LogP contribution in [0.25, 0.3) is 10.8 Å². The van der Waals surface area contributed by atoms with Gasteiger partial charge in [-0.1, -0.05) is 24.3 Å². The SMILES string of the molecule is Nc1cc(O)c2ccccc2c1N. The second kappa shape index (κ2) is 2.55. The Morgan fingerprint density at radius 1 is 1.00 bits per heavy atom. The smallest absolute Gasteiger partial charge is 0.125 e. The van der Waals surface area contributed by atoms with Gasteiger partial charge in [-0.2, -0.15) is 0 Å². The van der Waals surface area contributed by atoms with Crippen LogP contribution in [0.3, 0.4) is 0 Å². The van der Waals surface area contributed by atoms with Crippen molar-refractivity contribution in [1.82, 2.24) is 0 Å². The highest BCUT2D eigenvalue weighted by molar-refractivity contribution is 6.01. The molecule has 0 spiro atoms. The summed E-state index contributed by atoms with van der Waals surface area (Å²) in [7, 11) is 0. The first-order valence-electron chi connectivity index (χ1n) is 3.96. The number of aromatic hydroxyl groups is 1. The molecular formula is C10H10N2O. The number of rotatable bonds is 0. The van der Waals surface area contributed by atoms with Gasteiger partial charge in [0.15, 0.2) is 0 Å². The molecule has 0 radical (unpaired) electrons. The Balaban J connectivity index is 2.97. The van der Waals surface area contributed by atoms with E-state index in [-0.39, 0.29) is 5.75 Å². The lowest BCUT2D eigenvalue weighted by Gasteiger charge is -2.06. The molecule has 66 valence electrons. The second-order valence-corrected chi connectivity index (χ2v) is 2.94. The molecule has 0 aromatic heterocycles. The predicted molar refractivity (Wildman–Crippen MR) is 54.4 cm³/mol. The van der Waals surface area contributed by atoms with Crippen LogP contribution in [-0.2, 0) is 0 Å². The van der Waals surface area contributed by atoms with Crippen molar-refractivity contribution < 1.29 is 5.11 Å². The molecule has 0 heterocycles. The van der Waals surface area contributed by atoms with Crippen molar-refractivity contribution >= 4 is 22.1 Å². The largest absolute Gasteiger partial charge is 0.507 e. The molecular weight excluding hydrogens is 164 g/mol. The molecule has 0 fully saturated rings. The minimum Gasteiger partial charge on any atom is -0.507 e. The van der Waals surface area contributed by atoms with Crippen LogP contribution in [0.4, 0.5) is 11.4 Å². The molecule has 0 saturated heterocycles. The van der Waals surface area contributed by atoms with E-state index < -0.39 is 0 Å². The van der Waals surface area contributed by atoms with Gasteiger partial charge in [-0.05, 0) is 0 Å². The predicted octanol–water partition coefficient (Wildman–Crippen LogP) is 1.71. The summed E-state index contributed by atoms with van der Waals surface area (Å²) >= 11 is 0. The third-order valence-corrected chi connectivity index (χ3v) is 2.10. The van der Waals surface area contributed by atoms with Gasteiger partial charge in [-0.3, -0.25) is 0 Å². The molecule has 0 atom stereocenters. The molecule has 3 nitrogen and oxygen atoms in total. The maximum atomic E-state index is 9.54. The van der Waals surface area contributed by atoms with Gasteiger partial charge >= 0.3 is 0 Å². The Morgan fingerprint density at radius 2 is 1.62 bits per heavy atom. The Hall–Kier alpha value is -1.90. The highest BCUT2D eigenvalue weighted by Gasteiger charge is 2.05. The van der Waals surface area contributed by atoms with Crippen LogP contribution in [0.2, 0.25) is 0 Å². The van der Waals surface area contributed by atoms with E-state index in [2.05, 4.69) is 0 Å². The maximum absolute atomic E-state index is 9.54. The summed E-state index contributed by atoms with van der Waals surface area (Å²) < 4.78 is 0. The molecule has 5 N–H and O–H groups in total. The standard InChI is InChI=1S/C10H10N2O/c11-8-5-9(13)6-3-1-2-4-7(6)10(8)12/h1-5,13H,11-12H2. The zero-order valence-corrected chi connectivity index (χ0v) is 6.99. The van der Waals surface area contributed by atoms with Gasteiger partial charge in [0.1, 0.15) is 5.75 Å².